The number of allylic oxidation sites excluding steroid dienone is 4. The van der Waals surface area contributed by atoms with Crippen LogP contribution in [0, 0.1) is 0 Å². The summed E-state index contributed by atoms with van der Waals surface area (Å²) in [4.78, 5) is 28.7. The van der Waals surface area contributed by atoms with Gasteiger partial charge in [0.05, 0.1) is 6.61 Å². The van der Waals surface area contributed by atoms with Crippen LogP contribution in [0.15, 0.2) is 24.3 Å². The minimum absolute atomic E-state index is 0.0382. The van der Waals surface area contributed by atoms with Gasteiger partial charge in [-0.1, -0.05) is 156 Å². The van der Waals surface area contributed by atoms with E-state index in [9.17, 15) is 9.59 Å². The third-order valence-electron chi connectivity index (χ3n) is 9.91. The van der Waals surface area contributed by atoms with E-state index in [-0.39, 0.29) is 11.9 Å². The third kappa shape index (κ3) is 43.8. The highest BCUT2D eigenvalue weighted by atomic mass is 33.1. The molecule has 0 heterocycles. The predicted molar refractivity (Wildman–Crippen MR) is 241 cm³/mol. The molecule has 318 valence electrons. The quantitative estimate of drug-likeness (QED) is 0.0262. The van der Waals surface area contributed by atoms with E-state index in [0.29, 0.717) is 26.1 Å². The molecule has 0 unspecified atom stereocenters. The maximum absolute atomic E-state index is 12.1. The molecule has 0 aromatic heterocycles. The first-order chi connectivity index (χ1) is 26.5. The van der Waals surface area contributed by atoms with Crippen LogP contribution in [0.4, 0.5) is 0 Å². The number of carbonyl (C=O) groups excluding carboxylic acids is 2. The molecule has 0 spiro atoms. The van der Waals surface area contributed by atoms with E-state index in [1.54, 1.807) is 0 Å². The minimum Gasteiger partial charge on any atom is -0.466 e. The molecule has 0 fully saturated rings. The van der Waals surface area contributed by atoms with Crippen molar-refractivity contribution in [3.05, 3.63) is 24.3 Å². The fourth-order valence-corrected chi connectivity index (χ4v) is 8.37. The third-order valence-corrected chi connectivity index (χ3v) is 12.3. The summed E-state index contributed by atoms with van der Waals surface area (Å²) in [5.41, 5.74) is 0. The zero-order valence-corrected chi connectivity index (χ0v) is 37.7. The Bertz CT molecular complexity index is 857. The van der Waals surface area contributed by atoms with E-state index >= 15 is 0 Å². The summed E-state index contributed by atoms with van der Waals surface area (Å²) in [6.45, 7) is 9.30. The van der Waals surface area contributed by atoms with Crippen LogP contribution in [-0.2, 0) is 19.1 Å². The average molecular weight is 797 g/mol. The van der Waals surface area contributed by atoms with Gasteiger partial charge in [-0.2, -0.15) is 0 Å². The second kappa shape index (κ2) is 44.8. The van der Waals surface area contributed by atoms with Crippen molar-refractivity contribution < 1.29 is 19.1 Å². The highest BCUT2D eigenvalue weighted by Crippen LogP contribution is 2.20. The Kier molecular flexibility index (Phi) is 44.0. The van der Waals surface area contributed by atoms with Crippen molar-refractivity contribution in [3.63, 3.8) is 0 Å². The van der Waals surface area contributed by atoms with Crippen molar-refractivity contribution in [1.82, 2.24) is 9.80 Å². The Morgan fingerprint density at radius 2 is 0.778 bits per heavy atom. The van der Waals surface area contributed by atoms with Gasteiger partial charge in [0.2, 0.25) is 0 Å². The molecule has 0 atom stereocenters. The Labute approximate surface area is 343 Å². The second-order valence-corrected chi connectivity index (χ2v) is 18.1. The fourth-order valence-electron chi connectivity index (χ4n) is 6.21. The number of likely N-dealkylation sites (N-methyl/N-ethyl adjacent to an activating group) is 1. The first kappa shape index (κ1) is 53.0. The highest BCUT2D eigenvalue weighted by Gasteiger charge is 2.06. The monoisotopic (exact) mass is 797 g/mol. The lowest BCUT2D eigenvalue weighted by molar-refractivity contribution is -0.145. The van der Waals surface area contributed by atoms with Gasteiger partial charge in [-0.05, 0) is 84.7 Å². The number of unbranched alkanes of at least 4 members (excludes halogenated alkanes) is 21. The number of hydrogen-bond donors (Lipinski definition) is 0. The molecule has 0 aliphatic carbocycles. The van der Waals surface area contributed by atoms with Gasteiger partial charge in [-0.15, -0.1) is 0 Å². The molecule has 0 radical (unpaired) electrons. The maximum Gasteiger partial charge on any atom is 0.305 e. The van der Waals surface area contributed by atoms with Gasteiger partial charge < -0.3 is 19.3 Å². The van der Waals surface area contributed by atoms with Crippen LogP contribution in [0.1, 0.15) is 194 Å². The van der Waals surface area contributed by atoms with Gasteiger partial charge in [-0.25, -0.2) is 0 Å². The molecular weight excluding hydrogens is 709 g/mol. The lowest BCUT2D eigenvalue weighted by atomic mass is 10.1. The smallest absolute Gasteiger partial charge is 0.305 e. The Morgan fingerprint density at radius 1 is 0.426 bits per heavy atom. The average Bonchev–Trinajstić information content (AvgIpc) is 3.16. The molecule has 0 saturated heterocycles. The Hall–Kier alpha value is -0.960. The van der Waals surface area contributed by atoms with E-state index in [0.717, 1.165) is 69.8 Å². The van der Waals surface area contributed by atoms with Crippen LogP contribution in [0.2, 0.25) is 0 Å². The van der Waals surface area contributed by atoms with Crippen molar-refractivity contribution >= 4 is 33.5 Å². The van der Waals surface area contributed by atoms with Gasteiger partial charge in [0.1, 0.15) is 6.61 Å². The van der Waals surface area contributed by atoms with Gasteiger partial charge >= 0.3 is 11.9 Å². The summed E-state index contributed by atoms with van der Waals surface area (Å²) in [6, 6.07) is 0. The number of rotatable bonds is 43. The van der Waals surface area contributed by atoms with Crippen LogP contribution in [0.5, 0.6) is 0 Å². The molecular formula is C46H88N2O4S2. The second-order valence-electron chi connectivity index (χ2n) is 15.4. The molecule has 54 heavy (non-hydrogen) atoms. The van der Waals surface area contributed by atoms with Crippen LogP contribution in [0.25, 0.3) is 0 Å². The molecule has 0 aliphatic rings. The molecule has 0 N–H and O–H groups in total. The molecule has 8 heteroatoms. The van der Waals surface area contributed by atoms with Crippen molar-refractivity contribution in [3.8, 4) is 0 Å². The fraction of sp³-hybridized carbons (Fsp3) is 0.870. The number of nitrogens with zero attached hydrogens (tertiary/aromatic N) is 2. The summed E-state index contributed by atoms with van der Waals surface area (Å²) < 4.78 is 10.9. The highest BCUT2D eigenvalue weighted by molar-refractivity contribution is 8.76. The van der Waals surface area contributed by atoms with Crippen molar-refractivity contribution in [2.75, 3.05) is 65.0 Å². The summed E-state index contributed by atoms with van der Waals surface area (Å²) in [7, 11) is 8.06. The summed E-state index contributed by atoms with van der Waals surface area (Å²) in [6.07, 6.45) is 42.9. The Balaban J connectivity index is 3.45. The molecule has 0 amide bonds. The molecule has 0 aliphatic heterocycles. The minimum atomic E-state index is -0.0526. The van der Waals surface area contributed by atoms with E-state index < -0.39 is 0 Å². The lowest BCUT2D eigenvalue weighted by Gasteiger charge is -2.17. The summed E-state index contributed by atoms with van der Waals surface area (Å²) >= 11 is 0. The lowest BCUT2D eigenvalue weighted by Crippen LogP contribution is -2.26. The van der Waals surface area contributed by atoms with Crippen LogP contribution in [0.3, 0.4) is 0 Å². The van der Waals surface area contributed by atoms with Crippen LogP contribution < -0.4 is 0 Å². The standard InChI is InChI=1S/C46H88N2O4S2/c1-5-7-9-11-13-15-17-19-21-23-25-26-28-30-32-35-45(49)51-41-34-37-47(3)39-43-53-54-44-40-48(4)38-42-52-46(50)36-33-31-29-27-24-22-20-18-16-14-12-10-8-6-2/h19-22H,5-18,23-44H2,1-4H3/b21-19+,22-20+. The van der Waals surface area contributed by atoms with E-state index in [2.05, 4.69) is 62.0 Å². The summed E-state index contributed by atoms with van der Waals surface area (Å²) in [5.74, 6) is 2.04. The molecule has 0 bridgehead atoms. The molecule has 0 rings (SSSR count). The SMILES string of the molecule is CCCCCCCC/C=C/CCCCCCCC(=O)OCCCN(C)CCSSCCN(C)CCOC(=O)CCCCCC/C=C/CCCCCCCC. The molecule has 6 nitrogen and oxygen atoms in total. The molecule has 0 saturated carbocycles. The zero-order valence-electron chi connectivity index (χ0n) is 36.1. The first-order valence-electron chi connectivity index (χ1n) is 22.7. The predicted octanol–water partition coefficient (Wildman–Crippen LogP) is 13.4. The molecule has 0 aromatic carbocycles. The number of ether oxygens (including phenoxy) is 2. The van der Waals surface area contributed by atoms with Crippen LogP contribution in [-0.4, -0.2) is 86.7 Å². The van der Waals surface area contributed by atoms with Gasteiger partial charge in [0.15, 0.2) is 0 Å². The topological polar surface area (TPSA) is 59.1 Å². The number of hydrogen-bond acceptors (Lipinski definition) is 8. The zero-order chi connectivity index (χ0) is 39.4. The van der Waals surface area contributed by atoms with E-state index in [1.807, 2.05) is 21.6 Å². The maximum atomic E-state index is 12.1. The number of esters is 2. The normalized spacial score (nSPS) is 11.9. The largest absolute Gasteiger partial charge is 0.466 e. The molecule has 0 aromatic rings. The first-order valence-corrected chi connectivity index (χ1v) is 25.2. The van der Waals surface area contributed by atoms with Gasteiger partial charge in [0, 0.05) is 50.5 Å². The van der Waals surface area contributed by atoms with Crippen molar-refractivity contribution in [2.45, 2.75) is 194 Å². The Morgan fingerprint density at radius 3 is 1.20 bits per heavy atom. The number of carbonyl (C=O) groups is 2. The van der Waals surface area contributed by atoms with Crippen molar-refractivity contribution in [2.24, 2.45) is 0 Å². The summed E-state index contributed by atoms with van der Waals surface area (Å²) in [5, 5.41) is 0. The van der Waals surface area contributed by atoms with Crippen molar-refractivity contribution in [1.29, 1.82) is 0 Å². The van der Waals surface area contributed by atoms with E-state index in [4.69, 9.17) is 9.47 Å². The van der Waals surface area contributed by atoms with Gasteiger partial charge in [0.25, 0.3) is 0 Å². The van der Waals surface area contributed by atoms with E-state index in [1.165, 1.54) is 135 Å². The van der Waals surface area contributed by atoms with Crippen LogP contribution >= 0.6 is 21.6 Å². The van der Waals surface area contributed by atoms with Gasteiger partial charge in [-0.3, -0.25) is 9.59 Å².